The molecule has 0 amide bonds. The lowest BCUT2D eigenvalue weighted by Gasteiger charge is -2.19. The van der Waals surface area contributed by atoms with Crippen LogP contribution in [0.2, 0.25) is 0 Å². The molecule has 8 heteroatoms. The third-order valence-corrected chi connectivity index (χ3v) is 5.72. The van der Waals surface area contributed by atoms with Crippen LogP contribution >= 0.6 is 0 Å². The highest BCUT2D eigenvalue weighted by molar-refractivity contribution is 6.15. The first-order valence-corrected chi connectivity index (χ1v) is 11.3. The molecule has 0 unspecified atom stereocenters. The molecule has 0 bridgehead atoms. The van der Waals surface area contributed by atoms with Gasteiger partial charge < -0.3 is 24.8 Å². The van der Waals surface area contributed by atoms with E-state index < -0.39 is 23.3 Å². The molecule has 0 aromatic heterocycles. The van der Waals surface area contributed by atoms with Crippen LogP contribution in [-0.4, -0.2) is 47.1 Å². The van der Waals surface area contributed by atoms with E-state index in [9.17, 15) is 29.7 Å². The van der Waals surface area contributed by atoms with Crippen LogP contribution in [0, 0.1) is 0 Å². The van der Waals surface area contributed by atoms with Gasteiger partial charge in [0, 0.05) is 25.0 Å². The minimum Gasteiger partial charge on any atom is -0.508 e. The molecule has 34 heavy (non-hydrogen) atoms. The number of aryl methyl sites for hydroxylation is 1. The van der Waals surface area contributed by atoms with Crippen molar-refractivity contribution < 1.29 is 39.2 Å². The topological polar surface area (TPSA) is 130 Å². The van der Waals surface area contributed by atoms with Crippen LogP contribution in [0.4, 0.5) is 0 Å². The zero-order valence-electron chi connectivity index (χ0n) is 20.1. The summed E-state index contributed by atoms with van der Waals surface area (Å²) in [5.41, 5.74) is 0.253. The molecule has 0 saturated carbocycles. The molecule has 2 rings (SSSR count). The van der Waals surface area contributed by atoms with Gasteiger partial charge in [-0.3, -0.25) is 9.59 Å². The molecule has 0 heterocycles. The van der Waals surface area contributed by atoms with Gasteiger partial charge in [0.2, 0.25) is 5.78 Å². The predicted octanol–water partition coefficient (Wildman–Crippen LogP) is 4.47. The smallest absolute Gasteiger partial charge is 0.341 e. The van der Waals surface area contributed by atoms with Crippen molar-refractivity contribution in [2.75, 3.05) is 14.2 Å². The highest BCUT2D eigenvalue weighted by Gasteiger charge is 2.30. The van der Waals surface area contributed by atoms with Crippen LogP contribution < -0.4 is 4.74 Å². The summed E-state index contributed by atoms with van der Waals surface area (Å²) in [5.74, 6) is -2.58. The first-order chi connectivity index (χ1) is 16.2. The van der Waals surface area contributed by atoms with Gasteiger partial charge in [-0.2, -0.15) is 0 Å². The van der Waals surface area contributed by atoms with Crippen molar-refractivity contribution in [3.63, 3.8) is 0 Å². The van der Waals surface area contributed by atoms with Gasteiger partial charge in [-0.15, -0.1) is 0 Å². The molecule has 0 fully saturated rings. The molecule has 0 aliphatic rings. The first kappa shape index (κ1) is 26.7. The van der Waals surface area contributed by atoms with E-state index in [0.29, 0.717) is 12.8 Å². The van der Waals surface area contributed by atoms with Gasteiger partial charge in [0.25, 0.3) is 0 Å². The fourth-order valence-corrected chi connectivity index (χ4v) is 3.94. The number of methoxy groups -OCH3 is 2. The minimum atomic E-state index is -0.728. The number of phenolic OH excluding ortho intramolecular Hbond substituents is 3. The van der Waals surface area contributed by atoms with Crippen molar-refractivity contribution in [3.05, 3.63) is 46.0 Å². The number of Topliss-reactive ketones (excluding diaryl/α,β-unsaturated/α-hetero) is 1. The summed E-state index contributed by atoms with van der Waals surface area (Å²) in [6, 6.07) is 3.51. The lowest BCUT2D eigenvalue weighted by atomic mass is 9.87. The number of ketones is 2. The number of ether oxygens (including phenoxy) is 2. The van der Waals surface area contributed by atoms with Gasteiger partial charge in [0.1, 0.15) is 34.3 Å². The summed E-state index contributed by atoms with van der Waals surface area (Å²) >= 11 is 0. The predicted molar refractivity (Wildman–Crippen MR) is 126 cm³/mol. The van der Waals surface area contributed by atoms with E-state index in [2.05, 4.69) is 0 Å². The molecule has 2 aromatic carbocycles. The Morgan fingerprint density at radius 2 is 1.53 bits per heavy atom. The fourth-order valence-electron chi connectivity index (χ4n) is 3.94. The van der Waals surface area contributed by atoms with E-state index >= 15 is 0 Å². The maximum absolute atomic E-state index is 13.8. The van der Waals surface area contributed by atoms with Crippen molar-refractivity contribution in [2.45, 2.75) is 58.8 Å². The van der Waals surface area contributed by atoms with Crippen LogP contribution in [0.3, 0.4) is 0 Å². The molecule has 0 radical (unpaired) electrons. The number of unbranched alkanes of at least 4 members (excludes halogenated alkanes) is 2. The number of aromatic hydroxyl groups is 3. The summed E-state index contributed by atoms with van der Waals surface area (Å²) in [7, 11) is 2.55. The van der Waals surface area contributed by atoms with E-state index in [-0.39, 0.29) is 64.4 Å². The minimum absolute atomic E-state index is 0.0308. The second-order valence-corrected chi connectivity index (χ2v) is 8.00. The molecule has 0 saturated heterocycles. The van der Waals surface area contributed by atoms with Crippen molar-refractivity contribution >= 4 is 17.5 Å². The Labute approximate surface area is 199 Å². The molecule has 2 aromatic rings. The molecule has 0 aliphatic heterocycles. The average Bonchev–Trinajstić information content (AvgIpc) is 2.80. The molecule has 0 spiro atoms. The second-order valence-electron chi connectivity index (χ2n) is 8.00. The summed E-state index contributed by atoms with van der Waals surface area (Å²) < 4.78 is 10.2. The summed E-state index contributed by atoms with van der Waals surface area (Å²) in [4.78, 5) is 38.3. The highest BCUT2D eigenvalue weighted by Crippen LogP contribution is 2.39. The third-order valence-electron chi connectivity index (χ3n) is 5.72. The summed E-state index contributed by atoms with van der Waals surface area (Å²) in [5, 5.41) is 31.4. The van der Waals surface area contributed by atoms with E-state index in [1.54, 1.807) is 6.92 Å². The molecule has 8 nitrogen and oxygen atoms in total. The third kappa shape index (κ3) is 5.87. The van der Waals surface area contributed by atoms with Crippen molar-refractivity contribution in [1.29, 1.82) is 0 Å². The zero-order valence-corrected chi connectivity index (χ0v) is 20.1. The number of benzene rings is 2. The maximum atomic E-state index is 13.8. The van der Waals surface area contributed by atoms with Gasteiger partial charge in [-0.25, -0.2) is 4.79 Å². The normalized spacial score (nSPS) is 10.7. The Hall–Kier alpha value is -3.55. The number of rotatable bonds is 12. The van der Waals surface area contributed by atoms with Crippen molar-refractivity contribution in [1.82, 2.24) is 0 Å². The fraction of sp³-hybridized carbons (Fsp3) is 0.423. The Morgan fingerprint density at radius 3 is 2.12 bits per heavy atom. The van der Waals surface area contributed by atoms with Gasteiger partial charge in [-0.1, -0.05) is 26.7 Å². The van der Waals surface area contributed by atoms with Crippen molar-refractivity contribution in [2.24, 2.45) is 0 Å². The Bertz CT molecular complexity index is 1070. The van der Waals surface area contributed by atoms with E-state index in [4.69, 9.17) is 9.47 Å². The zero-order chi connectivity index (χ0) is 25.4. The largest absolute Gasteiger partial charge is 0.508 e. The Morgan fingerprint density at radius 1 is 0.853 bits per heavy atom. The van der Waals surface area contributed by atoms with E-state index in [1.165, 1.54) is 26.4 Å². The number of phenols is 3. The van der Waals surface area contributed by atoms with Crippen LogP contribution in [0.15, 0.2) is 18.2 Å². The molecular weight excluding hydrogens is 440 g/mol. The number of esters is 1. The van der Waals surface area contributed by atoms with Crippen LogP contribution in [0.25, 0.3) is 0 Å². The molecule has 3 N–H and O–H groups in total. The lowest BCUT2D eigenvalue weighted by Crippen LogP contribution is -2.16. The second kappa shape index (κ2) is 12.1. The Balaban J connectivity index is 2.76. The quantitative estimate of drug-likeness (QED) is 0.234. The van der Waals surface area contributed by atoms with Gasteiger partial charge in [-0.05, 0) is 36.5 Å². The maximum Gasteiger partial charge on any atom is 0.341 e. The SMILES string of the molecule is CCCCCc1c(C(=O)c2c(O)cc(O)cc2CCC(=O)CC)c(O)cc(OC)c1C(=O)OC. The molecule has 0 atom stereocenters. The summed E-state index contributed by atoms with van der Waals surface area (Å²) in [6.45, 7) is 3.73. The lowest BCUT2D eigenvalue weighted by molar-refractivity contribution is -0.118. The molecule has 184 valence electrons. The molecule has 0 aliphatic carbocycles. The van der Waals surface area contributed by atoms with Gasteiger partial charge in [0.05, 0.1) is 25.3 Å². The molecular formula is C26H32O8. The van der Waals surface area contributed by atoms with E-state index in [0.717, 1.165) is 18.9 Å². The highest BCUT2D eigenvalue weighted by atomic mass is 16.5. The number of carbonyl (C=O) groups excluding carboxylic acids is 3. The Kier molecular flexibility index (Phi) is 9.47. The number of hydrogen-bond acceptors (Lipinski definition) is 8. The standard InChI is InChI=1S/C26H32O8/c1-5-7-8-9-18-23(20(30)14-21(33-3)24(18)26(32)34-4)25(31)22-15(10-11-16(27)6-2)12-17(28)13-19(22)29/h12-14,28-30H,5-11H2,1-4H3. The van der Waals surface area contributed by atoms with Gasteiger partial charge >= 0.3 is 5.97 Å². The van der Waals surface area contributed by atoms with Crippen molar-refractivity contribution in [3.8, 4) is 23.0 Å². The van der Waals surface area contributed by atoms with E-state index in [1.807, 2.05) is 6.92 Å². The average molecular weight is 473 g/mol. The number of hydrogen-bond donors (Lipinski definition) is 3. The van der Waals surface area contributed by atoms with Gasteiger partial charge in [0.15, 0.2) is 0 Å². The summed E-state index contributed by atoms with van der Waals surface area (Å²) in [6.07, 6.45) is 3.17. The number of carbonyl (C=O) groups is 3. The van der Waals surface area contributed by atoms with Crippen LogP contribution in [-0.2, 0) is 22.4 Å². The van der Waals surface area contributed by atoms with Crippen LogP contribution in [0.5, 0.6) is 23.0 Å². The first-order valence-electron chi connectivity index (χ1n) is 11.3. The van der Waals surface area contributed by atoms with Crippen LogP contribution in [0.1, 0.15) is 83.4 Å². The monoisotopic (exact) mass is 472 g/mol.